The minimum absolute atomic E-state index is 0.00474. The van der Waals surface area contributed by atoms with Gasteiger partial charge in [0.1, 0.15) is 12.3 Å². The number of allylic oxidation sites excluding steroid dienone is 1. The lowest BCUT2D eigenvalue weighted by Crippen LogP contribution is -2.43. The van der Waals surface area contributed by atoms with E-state index in [0.29, 0.717) is 28.9 Å². The summed E-state index contributed by atoms with van der Waals surface area (Å²) in [6.07, 6.45) is 3.35. The molecule has 0 unspecified atom stereocenters. The fourth-order valence-corrected chi connectivity index (χ4v) is 3.99. The van der Waals surface area contributed by atoms with Crippen molar-refractivity contribution in [2.45, 2.75) is 18.6 Å². The summed E-state index contributed by atoms with van der Waals surface area (Å²) in [6.45, 7) is 6.15. The fraction of sp³-hybridized carbons (Fsp3) is 0.200. The van der Waals surface area contributed by atoms with E-state index < -0.39 is 0 Å². The quantitative estimate of drug-likeness (QED) is 0.497. The van der Waals surface area contributed by atoms with Gasteiger partial charge < -0.3 is 14.6 Å². The van der Waals surface area contributed by atoms with Crippen LogP contribution in [0, 0.1) is 6.92 Å². The maximum absolute atomic E-state index is 12.9. The molecule has 9 heteroatoms. The standard InChI is InChI=1S/C20H19N5O3S/c1-3-9-24-19(14-8-10-28-13(14)2)22-23-20(24)29-12-18(27)25-11-17(26)21-15-6-4-5-7-16(15)25/h3-8,10H,1,9,11-12H2,2H3,(H,21,26). The predicted octanol–water partition coefficient (Wildman–Crippen LogP) is 3.11. The number of nitrogens with zero attached hydrogens (tertiary/aromatic N) is 4. The molecule has 0 atom stereocenters. The lowest BCUT2D eigenvalue weighted by atomic mass is 10.2. The molecule has 0 bridgehead atoms. The Morgan fingerprint density at radius 3 is 2.93 bits per heavy atom. The molecule has 0 fully saturated rings. The molecule has 0 spiro atoms. The van der Waals surface area contributed by atoms with E-state index in [4.69, 9.17) is 4.42 Å². The third-order valence-corrected chi connectivity index (χ3v) is 5.48. The van der Waals surface area contributed by atoms with Gasteiger partial charge in [0.05, 0.1) is 29.0 Å². The SMILES string of the molecule is C=CCn1c(SCC(=O)N2CC(=O)Nc3ccccc32)nnc1-c1ccoc1C. The normalized spacial score (nSPS) is 13.1. The first-order valence-corrected chi connectivity index (χ1v) is 9.97. The van der Waals surface area contributed by atoms with Crippen LogP contribution >= 0.6 is 11.8 Å². The zero-order valence-electron chi connectivity index (χ0n) is 15.8. The minimum atomic E-state index is -0.213. The average molecular weight is 409 g/mol. The van der Waals surface area contributed by atoms with E-state index in [1.54, 1.807) is 18.4 Å². The van der Waals surface area contributed by atoms with Crippen molar-refractivity contribution in [3.05, 3.63) is 55.0 Å². The Balaban J connectivity index is 1.55. The van der Waals surface area contributed by atoms with Gasteiger partial charge in [-0.1, -0.05) is 30.0 Å². The number of amides is 2. The molecular formula is C20H19N5O3S. The number of thioether (sulfide) groups is 1. The number of rotatable bonds is 6. The molecule has 0 aliphatic carbocycles. The van der Waals surface area contributed by atoms with Gasteiger partial charge in [0, 0.05) is 6.54 Å². The van der Waals surface area contributed by atoms with E-state index in [0.717, 1.165) is 11.3 Å². The molecule has 1 aromatic carbocycles. The van der Waals surface area contributed by atoms with E-state index >= 15 is 0 Å². The van der Waals surface area contributed by atoms with Gasteiger partial charge in [-0.05, 0) is 25.1 Å². The number of hydrogen-bond acceptors (Lipinski definition) is 6. The number of benzene rings is 1. The molecule has 1 aliphatic heterocycles. The van der Waals surface area contributed by atoms with Gasteiger partial charge in [-0.25, -0.2) is 0 Å². The lowest BCUT2D eigenvalue weighted by Gasteiger charge is -2.29. The van der Waals surface area contributed by atoms with Crippen LogP contribution in [0.4, 0.5) is 11.4 Å². The molecule has 4 rings (SSSR count). The highest BCUT2D eigenvalue weighted by atomic mass is 32.2. The molecule has 0 saturated heterocycles. The van der Waals surface area contributed by atoms with Crippen LogP contribution in [-0.4, -0.2) is 38.9 Å². The summed E-state index contributed by atoms with van der Waals surface area (Å²) in [5.74, 6) is 1.14. The number of fused-ring (bicyclic) bond motifs is 1. The molecule has 1 aliphatic rings. The second-order valence-corrected chi connectivity index (χ2v) is 7.37. The van der Waals surface area contributed by atoms with Crippen molar-refractivity contribution in [3.8, 4) is 11.4 Å². The van der Waals surface area contributed by atoms with Crippen LogP contribution in [0.25, 0.3) is 11.4 Å². The number of hydrogen-bond donors (Lipinski definition) is 1. The highest BCUT2D eigenvalue weighted by Gasteiger charge is 2.27. The summed E-state index contributed by atoms with van der Waals surface area (Å²) in [5, 5.41) is 11.9. The summed E-state index contributed by atoms with van der Waals surface area (Å²) in [4.78, 5) is 26.3. The van der Waals surface area contributed by atoms with Gasteiger partial charge in [0.25, 0.3) is 0 Å². The Hall–Kier alpha value is -3.33. The van der Waals surface area contributed by atoms with Crippen molar-refractivity contribution in [1.29, 1.82) is 0 Å². The molecule has 0 radical (unpaired) electrons. The molecule has 3 aromatic rings. The van der Waals surface area contributed by atoms with E-state index in [2.05, 4.69) is 22.1 Å². The molecule has 29 heavy (non-hydrogen) atoms. The van der Waals surface area contributed by atoms with Crippen molar-refractivity contribution in [2.24, 2.45) is 0 Å². The highest BCUT2D eigenvalue weighted by molar-refractivity contribution is 7.99. The first-order valence-electron chi connectivity index (χ1n) is 8.99. The molecule has 148 valence electrons. The van der Waals surface area contributed by atoms with Crippen LogP contribution < -0.4 is 10.2 Å². The summed E-state index contributed by atoms with van der Waals surface area (Å²) in [5.41, 5.74) is 2.17. The average Bonchev–Trinajstić information content (AvgIpc) is 3.31. The Morgan fingerprint density at radius 1 is 1.34 bits per heavy atom. The second-order valence-electron chi connectivity index (χ2n) is 6.43. The summed E-state index contributed by atoms with van der Waals surface area (Å²) in [7, 11) is 0. The van der Waals surface area contributed by atoms with Gasteiger partial charge in [0.2, 0.25) is 11.8 Å². The van der Waals surface area contributed by atoms with E-state index in [9.17, 15) is 9.59 Å². The molecule has 3 heterocycles. The van der Waals surface area contributed by atoms with Gasteiger partial charge in [-0.15, -0.1) is 16.8 Å². The number of carbonyl (C=O) groups is 2. The maximum atomic E-state index is 12.9. The van der Waals surface area contributed by atoms with Crippen molar-refractivity contribution >= 4 is 35.0 Å². The fourth-order valence-electron chi connectivity index (χ4n) is 3.17. The van der Waals surface area contributed by atoms with Crippen LogP contribution in [0.3, 0.4) is 0 Å². The van der Waals surface area contributed by atoms with Gasteiger partial charge >= 0.3 is 0 Å². The van der Waals surface area contributed by atoms with Crippen LogP contribution in [0.2, 0.25) is 0 Å². The van der Waals surface area contributed by atoms with Crippen molar-refractivity contribution < 1.29 is 14.0 Å². The zero-order chi connectivity index (χ0) is 20.4. The van der Waals surface area contributed by atoms with Crippen molar-refractivity contribution in [1.82, 2.24) is 14.8 Å². The summed E-state index contributed by atoms with van der Waals surface area (Å²) >= 11 is 1.28. The monoisotopic (exact) mass is 409 g/mol. The number of carbonyl (C=O) groups excluding carboxylic acids is 2. The number of furan rings is 1. The van der Waals surface area contributed by atoms with Gasteiger partial charge in [-0.3, -0.25) is 14.2 Å². The zero-order valence-corrected chi connectivity index (χ0v) is 16.6. The second kappa shape index (κ2) is 7.96. The Morgan fingerprint density at radius 2 is 2.17 bits per heavy atom. The van der Waals surface area contributed by atoms with Crippen molar-refractivity contribution in [3.63, 3.8) is 0 Å². The third-order valence-electron chi connectivity index (χ3n) is 4.52. The van der Waals surface area contributed by atoms with Crippen LogP contribution in [0.5, 0.6) is 0 Å². The smallest absolute Gasteiger partial charge is 0.244 e. The lowest BCUT2D eigenvalue weighted by molar-refractivity contribution is -0.120. The topological polar surface area (TPSA) is 93.3 Å². The Kier molecular flexibility index (Phi) is 5.22. The molecule has 8 nitrogen and oxygen atoms in total. The number of para-hydroxylation sites is 2. The number of nitrogens with one attached hydrogen (secondary N) is 1. The number of anilines is 2. The van der Waals surface area contributed by atoms with Crippen LogP contribution in [-0.2, 0) is 16.1 Å². The van der Waals surface area contributed by atoms with Crippen molar-refractivity contribution in [2.75, 3.05) is 22.5 Å². The number of aryl methyl sites for hydroxylation is 1. The van der Waals surface area contributed by atoms with Gasteiger partial charge in [0.15, 0.2) is 11.0 Å². The predicted molar refractivity (Wildman–Crippen MR) is 111 cm³/mol. The molecule has 1 N–H and O–H groups in total. The van der Waals surface area contributed by atoms with Gasteiger partial charge in [-0.2, -0.15) is 0 Å². The van der Waals surface area contributed by atoms with Crippen LogP contribution in [0.15, 0.2) is 58.8 Å². The van der Waals surface area contributed by atoms with E-state index in [-0.39, 0.29) is 24.1 Å². The maximum Gasteiger partial charge on any atom is 0.244 e. The summed E-state index contributed by atoms with van der Waals surface area (Å²) in [6, 6.07) is 9.09. The summed E-state index contributed by atoms with van der Waals surface area (Å²) < 4.78 is 7.26. The molecular weight excluding hydrogens is 390 g/mol. The minimum Gasteiger partial charge on any atom is -0.469 e. The molecule has 2 amide bonds. The molecule has 2 aromatic heterocycles. The third kappa shape index (κ3) is 3.68. The van der Waals surface area contributed by atoms with E-state index in [1.165, 1.54) is 16.7 Å². The first-order chi connectivity index (χ1) is 14.1. The first kappa shape index (κ1) is 19.0. The number of aromatic nitrogens is 3. The molecule has 0 saturated carbocycles. The Bertz CT molecular complexity index is 1090. The highest BCUT2D eigenvalue weighted by Crippen LogP contribution is 2.31. The largest absolute Gasteiger partial charge is 0.469 e. The Labute approximate surface area is 171 Å². The van der Waals surface area contributed by atoms with E-state index in [1.807, 2.05) is 35.8 Å². The van der Waals surface area contributed by atoms with Crippen LogP contribution in [0.1, 0.15) is 5.76 Å².